The van der Waals surface area contributed by atoms with Gasteiger partial charge in [0.25, 0.3) is 0 Å². The first-order valence-corrected chi connectivity index (χ1v) is 17.3. The molecule has 12 heteroatoms. The average molecular weight is 623 g/mol. The fourth-order valence-corrected chi connectivity index (χ4v) is 7.10. The van der Waals surface area contributed by atoms with Gasteiger partial charge in [-0.25, -0.2) is 21.8 Å². The Morgan fingerprint density at radius 3 is 2.29 bits per heavy atom. The number of hydrogen-bond acceptors (Lipinski definition) is 9. The average Bonchev–Trinajstić information content (AvgIpc) is 2.90. The van der Waals surface area contributed by atoms with Crippen LogP contribution in [0.4, 0.5) is 23.1 Å². The van der Waals surface area contributed by atoms with Crippen molar-refractivity contribution in [2.75, 3.05) is 16.4 Å². The van der Waals surface area contributed by atoms with E-state index in [4.69, 9.17) is 16.3 Å². The van der Waals surface area contributed by atoms with E-state index in [0.29, 0.717) is 29.1 Å². The van der Waals surface area contributed by atoms with Gasteiger partial charge >= 0.3 is 0 Å². The minimum atomic E-state index is -3.58. The van der Waals surface area contributed by atoms with E-state index >= 15 is 0 Å². The molecule has 0 aliphatic carbocycles. The molecule has 0 atom stereocenters. The van der Waals surface area contributed by atoms with Crippen molar-refractivity contribution in [3.63, 3.8) is 0 Å². The number of nitrogens with zero attached hydrogens (tertiary/aromatic N) is 2. The maximum Gasteiger partial charge on any atom is 0.229 e. The molecule has 0 amide bonds. The van der Waals surface area contributed by atoms with Crippen LogP contribution in [0.5, 0.6) is 5.75 Å². The van der Waals surface area contributed by atoms with Crippen molar-refractivity contribution >= 4 is 54.4 Å². The third-order valence-corrected chi connectivity index (χ3v) is 10.7. The molecular weight excluding hydrogens is 584 g/mol. The number of rotatable bonds is 14. The number of anilines is 4. The standard InChI is InChI=1S/C29H39ClN4O5S2/c1-7-8-9-12-15-40(35,36)27-17-25(39-19(2)3)24(16-21(27)6)33-29-31-18-22(30)28(34-29)32-23-13-10-11-14-26(23)41(37,38)20(4)5/h10-11,13-14,16-20H,7-9,12,15H2,1-6H3,(H2,31,32,33,34). The maximum absolute atomic E-state index is 13.2. The van der Waals surface area contributed by atoms with E-state index in [9.17, 15) is 16.8 Å². The second-order valence-electron chi connectivity index (χ2n) is 10.4. The molecule has 0 unspecified atom stereocenters. The minimum Gasteiger partial charge on any atom is -0.489 e. The summed E-state index contributed by atoms with van der Waals surface area (Å²) in [6.45, 7) is 10.8. The highest BCUT2D eigenvalue weighted by molar-refractivity contribution is 7.92. The minimum absolute atomic E-state index is 0.0745. The molecule has 0 aliphatic heterocycles. The predicted molar refractivity (Wildman–Crippen MR) is 166 cm³/mol. The van der Waals surface area contributed by atoms with Gasteiger partial charge in [0.2, 0.25) is 5.95 Å². The van der Waals surface area contributed by atoms with Crippen LogP contribution in [0.25, 0.3) is 0 Å². The fourth-order valence-electron chi connectivity index (χ4n) is 4.12. The van der Waals surface area contributed by atoms with Gasteiger partial charge in [0.05, 0.1) is 44.5 Å². The quantitative estimate of drug-likeness (QED) is 0.179. The maximum atomic E-state index is 13.2. The van der Waals surface area contributed by atoms with E-state index in [-0.39, 0.29) is 38.4 Å². The van der Waals surface area contributed by atoms with Crippen molar-refractivity contribution in [3.05, 3.63) is 53.2 Å². The fraction of sp³-hybridized carbons (Fsp3) is 0.448. The number of benzene rings is 2. The van der Waals surface area contributed by atoms with Crippen LogP contribution in [0.2, 0.25) is 5.02 Å². The molecule has 0 aliphatic rings. The molecule has 3 aromatic rings. The molecular formula is C29H39ClN4O5S2. The van der Waals surface area contributed by atoms with Crippen molar-refractivity contribution < 1.29 is 21.6 Å². The first kappa shape index (κ1) is 32.6. The van der Waals surface area contributed by atoms with E-state index in [0.717, 1.165) is 19.3 Å². The highest BCUT2D eigenvalue weighted by Crippen LogP contribution is 2.35. The molecule has 41 heavy (non-hydrogen) atoms. The van der Waals surface area contributed by atoms with Crippen LogP contribution in [0.1, 0.15) is 65.9 Å². The van der Waals surface area contributed by atoms with Gasteiger partial charge in [-0.1, -0.05) is 49.9 Å². The molecule has 0 saturated heterocycles. The Hall–Kier alpha value is -2.89. The smallest absolute Gasteiger partial charge is 0.229 e. The molecule has 0 bridgehead atoms. The van der Waals surface area contributed by atoms with E-state index < -0.39 is 24.9 Å². The molecule has 9 nitrogen and oxygen atoms in total. The third-order valence-electron chi connectivity index (χ3n) is 6.30. The first-order valence-electron chi connectivity index (χ1n) is 13.7. The Balaban J connectivity index is 1.96. The Morgan fingerprint density at radius 1 is 0.927 bits per heavy atom. The van der Waals surface area contributed by atoms with Gasteiger partial charge in [-0.3, -0.25) is 0 Å². The molecule has 1 aromatic heterocycles. The number of sulfone groups is 2. The Labute approximate surface area is 248 Å². The first-order chi connectivity index (χ1) is 19.3. The molecule has 0 radical (unpaired) electrons. The molecule has 0 spiro atoms. The zero-order chi connectivity index (χ0) is 30.4. The topological polar surface area (TPSA) is 127 Å². The third kappa shape index (κ3) is 8.33. The van der Waals surface area contributed by atoms with Gasteiger partial charge in [0.1, 0.15) is 10.8 Å². The lowest BCUT2D eigenvalue weighted by molar-refractivity contribution is 0.243. The number of para-hydroxylation sites is 1. The largest absolute Gasteiger partial charge is 0.489 e. The van der Waals surface area contributed by atoms with E-state index in [1.165, 1.54) is 12.3 Å². The number of halogens is 1. The van der Waals surface area contributed by atoms with Crippen LogP contribution < -0.4 is 15.4 Å². The summed E-state index contributed by atoms with van der Waals surface area (Å²) in [4.78, 5) is 9.11. The Bertz CT molecular complexity index is 1580. The second kappa shape index (κ2) is 13.8. The van der Waals surface area contributed by atoms with E-state index in [2.05, 4.69) is 27.5 Å². The van der Waals surface area contributed by atoms with Crippen LogP contribution in [0, 0.1) is 6.92 Å². The van der Waals surface area contributed by atoms with E-state index in [1.54, 1.807) is 51.1 Å². The van der Waals surface area contributed by atoms with Gasteiger partial charge in [0.15, 0.2) is 25.5 Å². The summed E-state index contributed by atoms with van der Waals surface area (Å²) in [6, 6.07) is 9.79. The molecule has 2 aromatic carbocycles. The van der Waals surface area contributed by atoms with Crippen LogP contribution in [0.3, 0.4) is 0 Å². The molecule has 1 heterocycles. The number of nitrogens with one attached hydrogen (secondary N) is 2. The van der Waals surface area contributed by atoms with Crippen molar-refractivity contribution in [1.82, 2.24) is 9.97 Å². The molecule has 3 rings (SSSR count). The van der Waals surface area contributed by atoms with Gasteiger partial charge in [-0.2, -0.15) is 4.98 Å². The van der Waals surface area contributed by atoms with E-state index in [1.807, 2.05) is 13.8 Å². The van der Waals surface area contributed by atoms with Crippen molar-refractivity contribution in [1.29, 1.82) is 0 Å². The summed E-state index contributed by atoms with van der Waals surface area (Å²) in [5.41, 5.74) is 1.39. The van der Waals surface area contributed by atoms with Gasteiger partial charge < -0.3 is 15.4 Å². The molecule has 224 valence electrons. The van der Waals surface area contributed by atoms with Crippen LogP contribution >= 0.6 is 11.6 Å². The van der Waals surface area contributed by atoms with Gasteiger partial charge in [-0.15, -0.1) is 0 Å². The molecule has 0 fully saturated rings. The Kier molecular flexibility index (Phi) is 11.0. The number of hydrogen-bond donors (Lipinski definition) is 2. The monoisotopic (exact) mass is 622 g/mol. The zero-order valence-corrected chi connectivity index (χ0v) is 26.8. The van der Waals surface area contributed by atoms with Crippen molar-refractivity contribution in [2.24, 2.45) is 0 Å². The summed E-state index contributed by atoms with van der Waals surface area (Å²) in [7, 11) is -7.08. The second-order valence-corrected chi connectivity index (χ2v) is 15.3. The number of aromatic nitrogens is 2. The predicted octanol–water partition coefficient (Wildman–Crippen LogP) is 7.25. The lowest BCUT2D eigenvalue weighted by Crippen LogP contribution is -2.15. The summed E-state index contributed by atoms with van der Waals surface area (Å²) >= 11 is 6.38. The highest BCUT2D eigenvalue weighted by Gasteiger charge is 2.24. The SMILES string of the molecule is CCCCCCS(=O)(=O)c1cc(OC(C)C)c(Nc2ncc(Cl)c(Nc3ccccc3S(=O)(=O)C(C)C)n2)cc1C. The summed E-state index contributed by atoms with van der Waals surface area (Å²) in [6.07, 6.45) is 4.66. The van der Waals surface area contributed by atoms with Gasteiger partial charge in [-0.05, 0) is 64.8 Å². The number of unbranched alkanes of at least 4 members (excludes halogenated alkanes) is 3. The highest BCUT2D eigenvalue weighted by atomic mass is 35.5. The van der Waals surface area contributed by atoms with Crippen molar-refractivity contribution in [3.8, 4) is 5.75 Å². The Morgan fingerprint density at radius 2 is 1.63 bits per heavy atom. The lowest BCUT2D eigenvalue weighted by Gasteiger charge is -2.19. The molecule has 0 saturated carbocycles. The number of aryl methyl sites for hydroxylation is 1. The number of ether oxygens (including phenoxy) is 1. The summed E-state index contributed by atoms with van der Waals surface area (Å²) < 4.78 is 58.1. The van der Waals surface area contributed by atoms with Crippen LogP contribution in [-0.4, -0.2) is 43.9 Å². The lowest BCUT2D eigenvalue weighted by atomic mass is 10.2. The zero-order valence-electron chi connectivity index (χ0n) is 24.4. The van der Waals surface area contributed by atoms with Crippen LogP contribution in [-0.2, 0) is 19.7 Å². The van der Waals surface area contributed by atoms with Crippen LogP contribution in [0.15, 0.2) is 52.4 Å². The van der Waals surface area contributed by atoms with Crippen molar-refractivity contribution in [2.45, 2.75) is 88.4 Å². The molecule has 2 N–H and O–H groups in total. The summed E-state index contributed by atoms with van der Waals surface area (Å²) in [5.74, 6) is 0.777. The summed E-state index contributed by atoms with van der Waals surface area (Å²) in [5, 5.41) is 5.72. The normalized spacial score (nSPS) is 12.1. The van der Waals surface area contributed by atoms with Gasteiger partial charge in [0, 0.05) is 6.07 Å².